The standard InChI is InChI=1S/C8H5N/c1-2-4-8-7(3-1)5-6-9-8/h1-3,5,9H. The third-order valence-electron chi connectivity index (χ3n) is 1.31. The number of rotatable bonds is 0. The first-order chi connectivity index (χ1) is 4.47. The zero-order valence-electron chi connectivity index (χ0n) is 4.81. The van der Waals surface area contributed by atoms with Crippen LogP contribution >= 0.6 is 0 Å². The molecule has 1 nitrogen and oxygen atoms in total. The second-order valence-electron chi connectivity index (χ2n) is 1.91. The first-order valence-electron chi connectivity index (χ1n) is 2.82. The van der Waals surface area contributed by atoms with Gasteiger partial charge in [0, 0.05) is 11.5 Å². The van der Waals surface area contributed by atoms with Gasteiger partial charge >= 0.3 is 0 Å². The minimum Gasteiger partial charge on any atom is -0.353 e. The van der Waals surface area contributed by atoms with Crippen LogP contribution in [0.5, 0.6) is 0 Å². The van der Waals surface area contributed by atoms with Gasteiger partial charge in [-0.1, -0.05) is 18.2 Å². The molecule has 2 rings (SSSR count). The van der Waals surface area contributed by atoms with E-state index in [1.807, 2.05) is 24.3 Å². The lowest BCUT2D eigenvalue weighted by Gasteiger charge is -1.82. The van der Waals surface area contributed by atoms with Crippen LogP contribution in [0, 0.1) is 12.3 Å². The molecule has 1 aromatic carbocycles. The summed E-state index contributed by atoms with van der Waals surface area (Å²) < 4.78 is 0. The average molecular weight is 115 g/mol. The first kappa shape index (κ1) is 4.62. The van der Waals surface area contributed by atoms with Crippen molar-refractivity contribution in [1.29, 1.82) is 0 Å². The van der Waals surface area contributed by atoms with Crippen molar-refractivity contribution in [2.75, 3.05) is 0 Å². The normalized spacial score (nSPS) is 10.2. The van der Waals surface area contributed by atoms with Gasteiger partial charge in [-0.3, -0.25) is 0 Å². The summed E-state index contributed by atoms with van der Waals surface area (Å²) in [4.78, 5) is 2.94. The number of aromatic nitrogens is 1. The van der Waals surface area contributed by atoms with Gasteiger partial charge in [-0.25, -0.2) is 0 Å². The second kappa shape index (κ2) is 1.62. The Labute approximate surface area is 53.3 Å². The molecule has 0 atom stereocenters. The molecule has 0 spiro atoms. The number of para-hydroxylation sites is 1. The predicted octanol–water partition coefficient (Wildman–Crippen LogP) is 1.77. The second-order valence-corrected chi connectivity index (χ2v) is 1.91. The Hall–Kier alpha value is -1.24. The van der Waals surface area contributed by atoms with Crippen LogP contribution in [0.25, 0.3) is 10.9 Å². The molecule has 0 saturated heterocycles. The third-order valence-corrected chi connectivity index (χ3v) is 1.31. The Morgan fingerprint density at radius 3 is 3.33 bits per heavy atom. The number of fused-ring (bicyclic) bond motifs is 1. The minimum atomic E-state index is 1.03. The van der Waals surface area contributed by atoms with Gasteiger partial charge in [0.25, 0.3) is 0 Å². The number of hydrogen-bond donors (Lipinski definition) is 1. The van der Waals surface area contributed by atoms with Crippen LogP contribution in [0.1, 0.15) is 0 Å². The average Bonchev–Trinajstić information content (AvgIpc) is 2.33. The van der Waals surface area contributed by atoms with Crippen molar-refractivity contribution in [2.24, 2.45) is 0 Å². The fourth-order valence-corrected chi connectivity index (χ4v) is 0.864. The van der Waals surface area contributed by atoms with E-state index in [0.717, 1.165) is 10.9 Å². The molecule has 1 heterocycles. The van der Waals surface area contributed by atoms with Crippen molar-refractivity contribution in [3.8, 4) is 0 Å². The SMILES string of the molecule is [c]1cc2ccc[c]c2[nH]1. The molecule has 1 N–H and O–H groups in total. The van der Waals surface area contributed by atoms with Gasteiger partial charge in [0.15, 0.2) is 0 Å². The zero-order valence-corrected chi connectivity index (χ0v) is 4.81. The molecule has 9 heavy (non-hydrogen) atoms. The Kier molecular flexibility index (Phi) is 0.833. The molecule has 0 aliphatic rings. The number of benzene rings is 1. The summed E-state index contributed by atoms with van der Waals surface area (Å²) in [7, 11) is 0. The van der Waals surface area contributed by atoms with E-state index >= 15 is 0 Å². The van der Waals surface area contributed by atoms with E-state index in [4.69, 9.17) is 0 Å². The molecule has 0 aliphatic carbocycles. The first-order valence-corrected chi connectivity index (χ1v) is 2.82. The van der Waals surface area contributed by atoms with Crippen molar-refractivity contribution < 1.29 is 0 Å². The Morgan fingerprint density at radius 2 is 2.44 bits per heavy atom. The molecule has 0 unspecified atom stereocenters. The van der Waals surface area contributed by atoms with Gasteiger partial charge in [0.1, 0.15) is 0 Å². The molecule has 2 aromatic rings. The van der Waals surface area contributed by atoms with Gasteiger partial charge in [0.2, 0.25) is 0 Å². The fourth-order valence-electron chi connectivity index (χ4n) is 0.864. The highest BCUT2D eigenvalue weighted by molar-refractivity contribution is 5.77. The number of H-pyrrole nitrogens is 1. The molecule has 0 aliphatic heterocycles. The van der Waals surface area contributed by atoms with E-state index < -0.39 is 0 Å². The van der Waals surface area contributed by atoms with E-state index in [0.29, 0.717) is 0 Å². The molecule has 1 heteroatoms. The molecule has 2 radical (unpaired) electrons. The Balaban J connectivity index is 2.95. The molecule has 0 amide bonds. The Morgan fingerprint density at radius 1 is 1.44 bits per heavy atom. The van der Waals surface area contributed by atoms with E-state index in [9.17, 15) is 0 Å². The number of aromatic amines is 1. The summed E-state index contributed by atoms with van der Waals surface area (Å²) in [6.45, 7) is 0. The molecule has 1 aromatic heterocycles. The maximum absolute atomic E-state index is 3.04. The molecular weight excluding hydrogens is 110 g/mol. The van der Waals surface area contributed by atoms with Crippen molar-refractivity contribution in [1.82, 2.24) is 4.98 Å². The van der Waals surface area contributed by atoms with Crippen LogP contribution < -0.4 is 0 Å². The summed E-state index contributed by atoms with van der Waals surface area (Å²) in [5.74, 6) is 0. The van der Waals surface area contributed by atoms with Crippen molar-refractivity contribution in [3.05, 3.63) is 36.5 Å². The maximum atomic E-state index is 3.04. The van der Waals surface area contributed by atoms with Crippen LogP contribution in [-0.4, -0.2) is 4.98 Å². The fraction of sp³-hybridized carbons (Fsp3) is 0. The van der Waals surface area contributed by atoms with Crippen molar-refractivity contribution >= 4 is 10.9 Å². The lowest BCUT2D eigenvalue weighted by Crippen LogP contribution is -1.62. The molecular formula is C8H5N. The van der Waals surface area contributed by atoms with Crippen LogP contribution in [-0.2, 0) is 0 Å². The van der Waals surface area contributed by atoms with Gasteiger partial charge in [-0.2, -0.15) is 0 Å². The third kappa shape index (κ3) is 0.617. The summed E-state index contributed by atoms with van der Waals surface area (Å²) in [5, 5.41) is 1.16. The number of nitrogens with one attached hydrogen (secondary N) is 1. The van der Waals surface area contributed by atoms with Gasteiger partial charge in [0.05, 0.1) is 11.7 Å². The van der Waals surface area contributed by atoms with Gasteiger partial charge < -0.3 is 4.98 Å². The van der Waals surface area contributed by atoms with Crippen molar-refractivity contribution in [3.63, 3.8) is 0 Å². The monoisotopic (exact) mass is 115 g/mol. The lowest BCUT2D eigenvalue weighted by molar-refractivity contribution is 1.45. The van der Waals surface area contributed by atoms with Gasteiger partial charge in [-0.05, 0) is 6.07 Å². The van der Waals surface area contributed by atoms with E-state index in [1.54, 1.807) is 0 Å². The summed E-state index contributed by atoms with van der Waals surface area (Å²) in [6.07, 6.45) is 2.88. The van der Waals surface area contributed by atoms with Crippen LogP contribution in [0.3, 0.4) is 0 Å². The highest BCUT2D eigenvalue weighted by Crippen LogP contribution is 2.07. The van der Waals surface area contributed by atoms with E-state index in [2.05, 4.69) is 17.2 Å². The number of hydrogen-bond acceptors (Lipinski definition) is 0. The van der Waals surface area contributed by atoms with Crippen molar-refractivity contribution in [2.45, 2.75) is 0 Å². The van der Waals surface area contributed by atoms with Gasteiger partial charge in [-0.15, -0.1) is 0 Å². The van der Waals surface area contributed by atoms with E-state index in [-0.39, 0.29) is 0 Å². The summed E-state index contributed by atoms with van der Waals surface area (Å²) in [6, 6.07) is 10.8. The van der Waals surface area contributed by atoms with Crippen LogP contribution in [0.4, 0.5) is 0 Å². The van der Waals surface area contributed by atoms with E-state index in [1.165, 1.54) is 0 Å². The molecule has 0 saturated carbocycles. The highest BCUT2D eigenvalue weighted by atomic mass is 14.6. The Bertz CT molecular complexity index is 279. The van der Waals surface area contributed by atoms with Crippen LogP contribution in [0.2, 0.25) is 0 Å². The smallest absolute Gasteiger partial charge is 0.0630 e. The maximum Gasteiger partial charge on any atom is 0.0630 e. The van der Waals surface area contributed by atoms with Crippen LogP contribution in [0.15, 0.2) is 24.3 Å². The molecule has 0 fully saturated rings. The zero-order chi connectivity index (χ0) is 6.10. The predicted molar refractivity (Wildman–Crippen MR) is 36.0 cm³/mol. The largest absolute Gasteiger partial charge is 0.353 e. The minimum absolute atomic E-state index is 1.03. The quantitative estimate of drug-likeness (QED) is 0.538. The molecule has 42 valence electrons. The lowest BCUT2D eigenvalue weighted by atomic mass is 10.3. The topological polar surface area (TPSA) is 15.8 Å². The summed E-state index contributed by atoms with van der Waals surface area (Å²) >= 11 is 0. The molecule has 0 bridgehead atoms. The summed E-state index contributed by atoms with van der Waals surface area (Å²) in [5.41, 5.74) is 1.03. The highest BCUT2D eigenvalue weighted by Gasteiger charge is 1.87.